The number of aromatic nitrogens is 1. The van der Waals surface area contributed by atoms with Crippen LogP contribution in [-0.4, -0.2) is 25.3 Å². The standard InChI is InChI=1S/C20H19ClN2O3S3/c1-2-22-15-6-3-4-7-17(15)27-19(22)13-20-23(10-5-11-29(24,25)26)16-12-14(21)8-9-18(16)28-20/h3-4,6-9,12-13H,2,5,10-11H2,1H3. The van der Waals surface area contributed by atoms with Crippen LogP contribution in [0.5, 0.6) is 0 Å². The molecule has 0 saturated heterocycles. The number of hydrogen-bond acceptors (Lipinski definition) is 6. The lowest BCUT2D eigenvalue weighted by molar-refractivity contribution is -0.665. The van der Waals surface area contributed by atoms with Crippen LogP contribution in [-0.2, 0) is 16.7 Å². The quantitative estimate of drug-likeness (QED) is 0.389. The summed E-state index contributed by atoms with van der Waals surface area (Å²) in [5, 5.41) is 2.74. The number of thioether (sulfide) groups is 1. The van der Waals surface area contributed by atoms with Crippen LogP contribution in [0.4, 0.5) is 5.69 Å². The molecule has 1 aliphatic heterocycles. The SMILES string of the molecule is CC[n+]1c(/C=C2\Sc3ccc(Cl)cc3N2CCCS(=O)(=O)[O-])sc2ccccc21. The Labute approximate surface area is 183 Å². The van der Waals surface area contributed by atoms with Crippen LogP contribution in [0.2, 0.25) is 5.02 Å². The minimum absolute atomic E-state index is 0.260. The highest BCUT2D eigenvalue weighted by Gasteiger charge is 2.27. The molecule has 0 atom stereocenters. The monoisotopic (exact) mass is 466 g/mol. The number of hydrogen-bond donors (Lipinski definition) is 0. The van der Waals surface area contributed by atoms with Crippen molar-refractivity contribution in [2.75, 3.05) is 17.2 Å². The van der Waals surface area contributed by atoms with E-state index in [1.165, 1.54) is 10.2 Å². The van der Waals surface area contributed by atoms with Crippen molar-refractivity contribution in [3.8, 4) is 0 Å². The summed E-state index contributed by atoms with van der Waals surface area (Å²) in [6, 6.07) is 14.0. The molecule has 4 rings (SSSR count). The third-order valence-corrected chi connectivity index (χ3v) is 7.92. The molecule has 1 aliphatic rings. The van der Waals surface area contributed by atoms with E-state index in [0.717, 1.165) is 27.2 Å². The molecule has 29 heavy (non-hydrogen) atoms. The van der Waals surface area contributed by atoms with Crippen LogP contribution in [0.25, 0.3) is 16.3 Å². The summed E-state index contributed by atoms with van der Waals surface area (Å²) < 4.78 is 36.6. The molecule has 0 amide bonds. The minimum atomic E-state index is -4.24. The molecule has 152 valence electrons. The van der Waals surface area contributed by atoms with Crippen LogP contribution in [0.3, 0.4) is 0 Å². The number of para-hydroxylation sites is 1. The van der Waals surface area contributed by atoms with Gasteiger partial charge in [0.2, 0.25) is 5.52 Å². The van der Waals surface area contributed by atoms with Gasteiger partial charge in [-0.1, -0.05) is 46.8 Å². The smallest absolute Gasteiger partial charge is 0.265 e. The van der Waals surface area contributed by atoms with Crippen molar-refractivity contribution in [3.63, 3.8) is 0 Å². The first kappa shape index (κ1) is 20.7. The molecule has 0 radical (unpaired) electrons. The highest BCUT2D eigenvalue weighted by atomic mass is 35.5. The molecular formula is C20H19ClN2O3S3. The summed E-state index contributed by atoms with van der Waals surface area (Å²) in [5.74, 6) is -0.380. The van der Waals surface area contributed by atoms with Crippen LogP contribution < -0.4 is 9.47 Å². The second-order valence-electron chi connectivity index (χ2n) is 6.62. The predicted octanol–water partition coefficient (Wildman–Crippen LogP) is 4.71. The van der Waals surface area contributed by atoms with E-state index in [1.807, 2.05) is 30.3 Å². The number of benzene rings is 2. The summed E-state index contributed by atoms with van der Waals surface area (Å²) >= 11 is 9.55. The number of aryl methyl sites for hydroxylation is 1. The Hall–Kier alpha value is -1.58. The Kier molecular flexibility index (Phi) is 5.90. The Balaban J connectivity index is 1.73. The normalized spacial score (nSPS) is 15.4. The van der Waals surface area contributed by atoms with Crippen molar-refractivity contribution < 1.29 is 17.5 Å². The zero-order valence-electron chi connectivity index (χ0n) is 15.7. The van der Waals surface area contributed by atoms with E-state index in [9.17, 15) is 13.0 Å². The molecule has 0 fully saturated rings. The highest BCUT2D eigenvalue weighted by Crippen LogP contribution is 2.47. The summed E-state index contributed by atoms with van der Waals surface area (Å²) in [4.78, 5) is 3.12. The van der Waals surface area contributed by atoms with Crippen molar-refractivity contribution in [1.82, 2.24) is 0 Å². The van der Waals surface area contributed by atoms with Gasteiger partial charge < -0.3 is 9.45 Å². The van der Waals surface area contributed by atoms with E-state index >= 15 is 0 Å². The Morgan fingerprint density at radius 2 is 2.03 bits per heavy atom. The maximum absolute atomic E-state index is 11.0. The molecule has 0 saturated carbocycles. The maximum Gasteiger partial charge on any atom is 0.265 e. The lowest BCUT2D eigenvalue weighted by atomic mass is 10.2. The number of thiazole rings is 1. The van der Waals surface area contributed by atoms with E-state index in [4.69, 9.17) is 11.6 Å². The minimum Gasteiger partial charge on any atom is -0.748 e. The lowest BCUT2D eigenvalue weighted by Gasteiger charge is -2.20. The average molecular weight is 467 g/mol. The molecule has 0 unspecified atom stereocenters. The van der Waals surface area contributed by atoms with Crippen molar-refractivity contribution in [2.45, 2.75) is 24.8 Å². The first-order chi connectivity index (χ1) is 13.9. The lowest BCUT2D eigenvalue weighted by Crippen LogP contribution is -2.33. The second kappa shape index (κ2) is 8.28. The van der Waals surface area contributed by atoms with Crippen LogP contribution in [0.15, 0.2) is 52.4 Å². The summed E-state index contributed by atoms with van der Waals surface area (Å²) in [7, 11) is -4.24. The number of rotatable bonds is 6. The van der Waals surface area contributed by atoms with Gasteiger partial charge in [-0.15, -0.1) is 0 Å². The summed E-state index contributed by atoms with van der Waals surface area (Å²) in [5.41, 5.74) is 2.14. The van der Waals surface area contributed by atoms with Gasteiger partial charge in [-0.3, -0.25) is 0 Å². The van der Waals surface area contributed by atoms with E-state index < -0.39 is 10.1 Å². The van der Waals surface area contributed by atoms with Gasteiger partial charge in [-0.25, -0.2) is 8.42 Å². The Bertz CT molecular complexity index is 1200. The third-order valence-electron chi connectivity index (χ3n) is 4.67. The van der Waals surface area contributed by atoms with Gasteiger partial charge in [0, 0.05) is 28.3 Å². The summed E-state index contributed by atoms with van der Waals surface area (Å²) in [6.45, 7) is 3.40. The fraction of sp³-hybridized carbons (Fsp3) is 0.250. The van der Waals surface area contributed by atoms with Crippen molar-refractivity contribution in [1.29, 1.82) is 0 Å². The van der Waals surface area contributed by atoms with E-state index in [1.54, 1.807) is 23.1 Å². The fourth-order valence-electron chi connectivity index (χ4n) is 3.40. The fourth-order valence-corrected chi connectivity index (χ4v) is 6.40. The van der Waals surface area contributed by atoms with Crippen LogP contribution >= 0.6 is 34.7 Å². The molecule has 9 heteroatoms. The molecule has 0 N–H and O–H groups in total. The van der Waals surface area contributed by atoms with Crippen molar-refractivity contribution >= 4 is 66.8 Å². The zero-order valence-corrected chi connectivity index (χ0v) is 18.9. The first-order valence-corrected chi connectivity index (χ1v) is 12.8. The molecule has 0 bridgehead atoms. The van der Waals surface area contributed by atoms with Gasteiger partial charge in [0.05, 0.1) is 26.9 Å². The zero-order chi connectivity index (χ0) is 20.6. The van der Waals surface area contributed by atoms with Gasteiger partial charge in [-0.05, 0) is 37.6 Å². The van der Waals surface area contributed by atoms with Gasteiger partial charge in [0.1, 0.15) is 11.2 Å². The average Bonchev–Trinajstić information content (AvgIpc) is 3.18. The topological polar surface area (TPSA) is 64.3 Å². The molecule has 2 aromatic carbocycles. The Morgan fingerprint density at radius 1 is 1.24 bits per heavy atom. The molecule has 1 aromatic heterocycles. The van der Waals surface area contributed by atoms with Gasteiger partial charge >= 0.3 is 0 Å². The predicted molar refractivity (Wildman–Crippen MR) is 120 cm³/mol. The number of anilines is 1. The maximum atomic E-state index is 11.0. The molecular weight excluding hydrogens is 448 g/mol. The third kappa shape index (κ3) is 4.46. The van der Waals surface area contributed by atoms with Crippen LogP contribution in [0.1, 0.15) is 18.4 Å². The first-order valence-electron chi connectivity index (χ1n) is 9.17. The van der Waals surface area contributed by atoms with Crippen molar-refractivity contribution in [2.24, 2.45) is 0 Å². The molecule has 0 spiro atoms. The van der Waals surface area contributed by atoms with Gasteiger partial charge in [0.25, 0.3) is 5.01 Å². The second-order valence-corrected chi connectivity index (χ2v) is 10.7. The summed E-state index contributed by atoms with van der Waals surface area (Å²) in [6.07, 6.45) is 2.40. The molecule has 2 heterocycles. The van der Waals surface area contributed by atoms with Gasteiger partial charge in [-0.2, -0.15) is 4.57 Å². The number of halogens is 1. The Morgan fingerprint density at radius 3 is 2.79 bits per heavy atom. The van der Waals surface area contributed by atoms with Gasteiger partial charge in [0.15, 0.2) is 0 Å². The molecule has 3 aromatic rings. The van der Waals surface area contributed by atoms with Crippen molar-refractivity contribution in [3.05, 3.63) is 57.5 Å². The van der Waals surface area contributed by atoms with Crippen LogP contribution in [0, 0.1) is 0 Å². The number of fused-ring (bicyclic) bond motifs is 2. The van der Waals surface area contributed by atoms with E-state index in [2.05, 4.69) is 34.6 Å². The molecule has 5 nitrogen and oxygen atoms in total. The number of nitrogens with zero attached hydrogens (tertiary/aromatic N) is 2. The largest absolute Gasteiger partial charge is 0.748 e. The van der Waals surface area contributed by atoms with E-state index in [0.29, 0.717) is 11.6 Å². The molecule has 0 aliphatic carbocycles. The van der Waals surface area contributed by atoms with E-state index in [-0.39, 0.29) is 12.2 Å². The highest BCUT2D eigenvalue weighted by molar-refractivity contribution is 8.03.